The van der Waals surface area contributed by atoms with E-state index in [1.54, 1.807) is 5.56 Å². The molecule has 0 spiro atoms. The fourth-order valence-electron chi connectivity index (χ4n) is 4.68. The third-order valence-electron chi connectivity index (χ3n) is 5.93. The maximum Gasteiger partial charge on any atom is 0.0482 e. The SMILES string of the molecule is Cn1c(C2CCc3c(c4ccccc4n3C)C2)cc2ccccc21. The van der Waals surface area contributed by atoms with E-state index in [1.807, 2.05) is 0 Å². The molecule has 1 aliphatic rings. The van der Waals surface area contributed by atoms with Gasteiger partial charge in [0, 0.05) is 47.8 Å². The number of aryl methyl sites for hydroxylation is 2. The number of benzene rings is 2. The van der Waals surface area contributed by atoms with Crippen LogP contribution in [0.5, 0.6) is 0 Å². The van der Waals surface area contributed by atoms with E-state index >= 15 is 0 Å². The van der Waals surface area contributed by atoms with Gasteiger partial charge in [-0.3, -0.25) is 0 Å². The Kier molecular flexibility index (Phi) is 2.90. The molecule has 0 saturated heterocycles. The standard InChI is InChI=1S/C22H22N2/c1-23-19-9-5-3-7-15(19)14-22(23)16-11-12-21-18(13-16)17-8-4-6-10-20(17)24(21)2/h3-10,14,16H,11-13H2,1-2H3. The fourth-order valence-corrected chi connectivity index (χ4v) is 4.68. The molecule has 2 aromatic heterocycles. The molecule has 2 aromatic carbocycles. The summed E-state index contributed by atoms with van der Waals surface area (Å²) in [4.78, 5) is 0. The first kappa shape index (κ1) is 13.9. The third kappa shape index (κ3) is 1.83. The second kappa shape index (κ2) is 5.01. The van der Waals surface area contributed by atoms with E-state index in [2.05, 4.69) is 77.8 Å². The van der Waals surface area contributed by atoms with Crippen molar-refractivity contribution < 1.29 is 0 Å². The first-order valence-corrected chi connectivity index (χ1v) is 8.83. The van der Waals surface area contributed by atoms with Gasteiger partial charge in [0.1, 0.15) is 0 Å². The second-order valence-corrected chi connectivity index (χ2v) is 7.13. The van der Waals surface area contributed by atoms with E-state index in [4.69, 9.17) is 0 Å². The lowest BCUT2D eigenvalue weighted by Gasteiger charge is -2.24. The Hall–Kier alpha value is -2.48. The lowest BCUT2D eigenvalue weighted by molar-refractivity contribution is 0.544. The summed E-state index contributed by atoms with van der Waals surface area (Å²) >= 11 is 0. The highest BCUT2D eigenvalue weighted by Crippen LogP contribution is 2.39. The molecule has 2 nitrogen and oxygen atoms in total. The molecule has 5 rings (SSSR count). The summed E-state index contributed by atoms with van der Waals surface area (Å²) in [6, 6.07) is 20.0. The zero-order valence-corrected chi connectivity index (χ0v) is 14.3. The fraction of sp³-hybridized carbons (Fsp3) is 0.273. The molecule has 24 heavy (non-hydrogen) atoms. The van der Waals surface area contributed by atoms with Gasteiger partial charge in [-0.25, -0.2) is 0 Å². The highest BCUT2D eigenvalue weighted by atomic mass is 15.0. The molecule has 0 N–H and O–H groups in total. The Morgan fingerprint density at radius 3 is 2.46 bits per heavy atom. The lowest BCUT2D eigenvalue weighted by Crippen LogP contribution is -2.16. The number of nitrogens with zero attached hydrogens (tertiary/aromatic N) is 2. The van der Waals surface area contributed by atoms with Crippen molar-refractivity contribution in [1.29, 1.82) is 0 Å². The first-order chi connectivity index (χ1) is 11.7. The summed E-state index contributed by atoms with van der Waals surface area (Å²) in [7, 11) is 4.44. The molecule has 1 aliphatic carbocycles. The Morgan fingerprint density at radius 2 is 1.62 bits per heavy atom. The van der Waals surface area contributed by atoms with Gasteiger partial charge in [-0.1, -0.05) is 36.4 Å². The molecule has 0 bridgehead atoms. The number of aromatic nitrogens is 2. The van der Waals surface area contributed by atoms with Gasteiger partial charge in [0.25, 0.3) is 0 Å². The highest BCUT2D eigenvalue weighted by Gasteiger charge is 2.27. The van der Waals surface area contributed by atoms with Crippen LogP contribution >= 0.6 is 0 Å². The molecule has 0 saturated carbocycles. The van der Waals surface area contributed by atoms with Crippen LogP contribution in [-0.4, -0.2) is 9.13 Å². The second-order valence-electron chi connectivity index (χ2n) is 7.13. The normalized spacial score (nSPS) is 17.5. The van der Waals surface area contributed by atoms with Crippen LogP contribution in [0.25, 0.3) is 21.8 Å². The summed E-state index contributed by atoms with van der Waals surface area (Å²) in [5, 5.41) is 2.80. The van der Waals surface area contributed by atoms with Crippen molar-refractivity contribution in [2.45, 2.75) is 25.2 Å². The van der Waals surface area contributed by atoms with E-state index in [1.165, 1.54) is 46.0 Å². The monoisotopic (exact) mass is 314 g/mol. The van der Waals surface area contributed by atoms with E-state index in [0.717, 1.165) is 6.42 Å². The molecule has 120 valence electrons. The molecule has 0 aliphatic heterocycles. The summed E-state index contributed by atoms with van der Waals surface area (Å²) in [5.41, 5.74) is 7.30. The van der Waals surface area contributed by atoms with E-state index in [-0.39, 0.29) is 0 Å². The quantitative estimate of drug-likeness (QED) is 0.471. The van der Waals surface area contributed by atoms with Crippen molar-refractivity contribution in [1.82, 2.24) is 9.13 Å². The third-order valence-corrected chi connectivity index (χ3v) is 5.93. The van der Waals surface area contributed by atoms with Gasteiger partial charge in [-0.15, -0.1) is 0 Å². The summed E-state index contributed by atoms with van der Waals surface area (Å²) < 4.78 is 4.80. The predicted octanol–water partition coefficient (Wildman–Crippen LogP) is 4.94. The largest absolute Gasteiger partial charge is 0.347 e. The maximum atomic E-state index is 2.41. The van der Waals surface area contributed by atoms with Crippen LogP contribution in [0.15, 0.2) is 54.6 Å². The highest BCUT2D eigenvalue weighted by molar-refractivity contribution is 5.86. The van der Waals surface area contributed by atoms with Gasteiger partial charge in [0.05, 0.1) is 0 Å². The van der Waals surface area contributed by atoms with E-state index < -0.39 is 0 Å². The Labute approximate surface area is 142 Å². The van der Waals surface area contributed by atoms with Crippen LogP contribution in [-0.2, 0) is 26.9 Å². The van der Waals surface area contributed by atoms with Crippen LogP contribution in [0.4, 0.5) is 0 Å². The molecule has 2 heteroatoms. The lowest BCUT2D eigenvalue weighted by atomic mass is 9.84. The van der Waals surface area contributed by atoms with Crippen LogP contribution in [0.1, 0.15) is 29.3 Å². The molecular weight excluding hydrogens is 292 g/mol. The van der Waals surface area contributed by atoms with Gasteiger partial charge in [0.15, 0.2) is 0 Å². The van der Waals surface area contributed by atoms with Gasteiger partial charge in [0.2, 0.25) is 0 Å². The van der Waals surface area contributed by atoms with Crippen molar-refractivity contribution in [3.8, 4) is 0 Å². The van der Waals surface area contributed by atoms with Crippen LogP contribution in [0, 0.1) is 0 Å². The molecule has 2 heterocycles. The van der Waals surface area contributed by atoms with Crippen LogP contribution in [0.3, 0.4) is 0 Å². The number of fused-ring (bicyclic) bond motifs is 4. The number of hydrogen-bond donors (Lipinski definition) is 0. The predicted molar refractivity (Wildman–Crippen MR) is 101 cm³/mol. The summed E-state index contributed by atoms with van der Waals surface area (Å²) in [6.07, 6.45) is 3.56. The molecule has 1 unspecified atom stereocenters. The van der Waals surface area contributed by atoms with E-state index in [0.29, 0.717) is 5.92 Å². The zero-order chi connectivity index (χ0) is 16.3. The van der Waals surface area contributed by atoms with Gasteiger partial charge >= 0.3 is 0 Å². The van der Waals surface area contributed by atoms with Gasteiger partial charge in [-0.2, -0.15) is 0 Å². The minimum Gasteiger partial charge on any atom is -0.347 e. The Bertz CT molecular complexity index is 1060. The number of rotatable bonds is 1. The smallest absolute Gasteiger partial charge is 0.0482 e. The van der Waals surface area contributed by atoms with Crippen LogP contribution in [0.2, 0.25) is 0 Å². The molecular formula is C22H22N2. The van der Waals surface area contributed by atoms with E-state index in [9.17, 15) is 0 Å². The van der Waals surface area contributed by atoms with Crippen molar-refractivity contribution in [2.75, 3.05) is 0 Å². The average molecular weight is 314 g/mol. The number of hydrogen-bond acceptors (Lipinski definition) is 0. The summed E-state index contributed by atoms with van der Waals surface area (Å²) in [5.74, 6) is 0.612. The van der Waals surface area contributed by atoms with Crippen molar-refractivity contribution in [3.63, 3.8) is 0 Å². The Balaban J connectivity index is 1.63. The maximum absolute atomic E-state index is 2.41. The Morgan fingerprint density at radius 1 is 0.875 bits per heavy atom. The minimum absolute atomic E-state index is 0.612. The summed E-state index contributed by atoms with van der Waals surface area (Å²) in [6.45, 7) is 0. The molecule has 0 fully saturated rings. The minimum atomic E-state index is 0.612. The average Bonchev–Trinajstić information content (AvgIpc) is 3.11. The van der Waals surface area contributed by atoms with Crippen LogP contribution < -0.4 is 0 Å². The first-order valence-electron chi connectivity index (χ1n) is 8.83. The molecule has 4 aromatic rings. The molecule has 1 atom stereocenters. The molecule has 0 amide bonds. The van der Waals surface area contributed by atoms with Gasteiger partial charge in [-0.05, 0) is 48.4 Å². The van der Waals surface area contributed by atoms with Crippen molar-refractivity contribution in [3.05, 3.63) is 71.5 Å². The number of para-hydroxylation sites is 2. The molecule has 0 radical (unpaired) electrons. The van der Waals surface area contributed by atoms with Crippen molar-refractivity contribution >= 4 is 21.8 Å². The zero-order valence-electron chi connectivity index (χ0n) is 14.3. The van der Waals surface area contributed by atoms with Gasteiger partial charge < -0.3 is 9.13 Å². The van der Waals surface area contributed by atoms with Crippen molar-refractivity contribution in [2.24, 2.45) is 14.1 Å². The topological polar surface area (TPSA) is 9.86 Å².